The lowest BCUT2D eigenvalue weighted by atomic mass is 10.1. The second kappa shape index (κ2) is 9.40. The Morgan fingerprint density at radius 1 is 1.23 bits per heavy atom. The van der Waals surface area contributed by atoms with Crippen LogP contribution in [0.5, 0.6) is 0 Å². The Morgan fingerprint density at radius 3 is 2.70 bits per heavy atom. The van der Waals surface area contributed by atoms with E-state index in [9.17, 15) is 14.4 Å². The van der Waals surface area contributed by atoms with Crippen LogP contribution in [0.2, 0.25) is 0 Å². The first kappa shape index (κ1) is 22.0. The van der Waals surface area contributed by atoms with Gasteiger partial charge < -0.3 is 15.5 Å². The van der Waals surface area contributed by atoms with Crippen LogP contribution in [0, 0.1) is 6.92 Å². The first-order valence-electron chi connectivity index (χ1n) is 9.70. The highest BCUT2D eigenvalue weighted by molar-refractivity contribution is 9.10. The van der Waals surface area contributed by atoms with E-state index in [2.05, 4.69) is 26.6 Å². The number of rotatable bonds is 5. The zero-order valence-electron chi connectivity index (χ0n) is 17.2. The first-order chi connectivity index (χ1) is 14.2. The number of anilines is 3. The number of aryl methyl sites for hydroxylation is 1. The Hall–Kier alpha value is -2.71. The van der Waals surface area contributed by atoms with Crippen molar-refractivity contribution >= 4 is 50.7 Å². The number of benzene rings is 2. The van der Waals surface area contributed by atoms with Crippen LogP contribution in [0.4, 0.5) is 17.1 Å². The zero-order chi connectivity index (χ0) is 21.8. The van der Waals surface area contributed by atoms with Crippen LogP contribution in [0.25, 0.3) is 0 Å². The van der Waals surface area contributed by atoms with Crippen molar-refractivity contribution in [1.82, 2.24) is 4.90 Å². The molecule has 0 aromatic heterocycles. The minimum atomic E-state index is -0.285. The summed E-state index contributed by atoms with van der Waals surface area (Å²) in [4.78, 5) is 40.9. The molecule has 2 N–H and O–H groups in total. The monoisotopic (exact) mass is 472 g/mol. The predicted octanol–water partition coefficient (Wildman–Crippen LogP) is 3.39. The number of likely N-dealkylation sites (N-methyl/N-ethyl adjacent to an activating group) is 1. The van der Waals surface area contributed by atoms with E-state index in [4.69, 9.17) is 0 Å². The third-order valence-corrected chi connectivity index (χ3v) is 5.50. The molecule has 1 heterocycles. The first-order valence-corrected chi connectivity index (χ1v) is 10.5. The van der Waals surface area contributed by atoms with Crippen molar-refractivity contribution in [2.45, 2.75) is 26.3 Å². The molecule has 3 rings (SSSR count). The minimum absolute atomic E-state index is 0.0509. The predicted molar refractivity (Wildman–Crippen MR) is 122 cm³/mol. The van der Waals surface area contributed by atoms with Gasteiger partial charge in [-0.2, -0.15) is 0 Å². The maximum atomic E-state index is 13.1. The molecule has 2 aromatic rings. The highest BCUT2D eigenvalue weighted by atomic mass is 79.9. The van der Waals surface area contributed by atoms with Crippen LogP contribution in [-0.4, -0.2) is 48.8 Å². The smallest absolute Gasteiger partial charge is 0.241 e. The maximum absolute atomic E-state index is 13.1. The molecule has 30 heavy (non-hydrogen) atoms. The Kier molecular flexibility index (Phi) is 6.89. The molecule has 1 aliphatic rings. The van der Waals surface area contributed by atoms with E-state index in [1.165, 1.54) is 0 Å². The van der Waals surface area contributed by atoms with Gasteiger partial charge in [0.25, 0.3) is 0 Å². The number of fused-ring (bicyclic) bond motifs is 1. The fourth-order valence-corrected chi connectivity index (χ4v) is 4.08. The van der Waals surface area contributed by atoms with Crippen molar-refractivity contribution in [2.75, 3.05) is 35.7 Å². The molecule has 0 saturated heterocycles. The van der Waals surface area contributed by atoms with Crippen LogP contribution in [-0.2, 0) is 14.4 Å². The Bertz CT molecular complexity index is 979. The van der Waals surface area contributed by atoms with E-state index in [0.717, 1.165) is 10.0 Å². The lowest BCUT2D eigenvalue weighted by molar-refractivity contribution is -0.121. The quantitative estimate of drug-likeness (QED) is 0.698. The molecule has 0 saturated carbocycles. The number of halogens is 1. The van der Waals surface area contributed by atoms with Crippen LogP contribution in [0.15, 0.2) is 46.9 Å². The molecule has 0 aliphatic carbocycles. The van der Waals surface area contributed by atoms with Crippen LogP contribution in [0.1, 0.15) is 18.9 Å². The summed E-state index contributed by atoms with van der Waals surface area (Å²) in [5.41, 5.74) is 3.06. The fraction of sp³-hybridized carbons (Fsp3) is 0.318. The normalized spacial score (nSPS) is 16.0. The molecule has 8 heteroatoms. The average Bonchev–Trinajstić information content (AvgIpc) is 2.77. The van der Waals surface area contributed by atoms with Gasteiger partial charge in [0.2, 0.25) is 17.7 Å². The molecular formula is C22H25BrN4O3. The summed E-state index contributed by atoms with van der Waals surface area (Å²) in [6.45, 7) is 3.93. The van der Waals surface area contributed by atoms with Gasteiger partial charge in [-0.05, 0) is 66.7 Å². The number of nitrogens with one attached hydrogen (secondary N) is 2. The van der Waals surface area contributed by atoms with Gasteiger partial charge in [0.1, 0.15) is 0 Å². The molecule has 2 aromatic carbocycles. The number of carbonyl (C=O) groups is 3. The highest BCUT2D eigenvalue weighted by Crippen LogP contribution is 2.31. The molecule has 3 amide bonds. The third-order valence-electron chi connectivity index (χ3n) is 4.85. The minimum Gasteiger partial charge on any atom is -0.324 e. The van der Waals surface area contributed by atoms with Gasteiger partial charge in [-0.1, -0.05) is 18.2 Å². The van der Waals surface area contributed by atoms with Gasteiger partial charge in [-0.25, -0.2) is 0 Å². The van der Waals surface area contributed by atoms with Gasteiger partial charge in [-0.3, -0.25) is 19.3 Å². The molecule has 1 aliphatic heterocycles. The van der Waals surface area contributed by atoms with Gasteiger partial charge in [-0.15, -0.1) is 0 Å². The Balaban J connectivity index is 1.66. The van der Waals surface area contributed by atoms with Crippen molar-refractivity contribution in [3.05, 3.63) is 52.5 Å². The number of carbonyl (C=O) groups excluding carboxylic acids is 3. The highest BCUT2D eigenvalue weighted by Gasteiger charge is 2.30. The average molecular weight is 473 g/mol. The number of amides is 3. The topological polar surface area (TPSA) is 81.8 Å². The van der Waals surface area contributed by atoms with Gasteiger partial charge >= 0.3 is 0 Å². The van der Waals surface area contributed by atoms with E-state index in [1.807, 2.05) is 50.2 Å². The standard InChI is InChI=1S/C22H25BrN4O3/c1-14-8-9-17(16(23)10-14)24-21(29)12-26(3)13-22(30)27-15(2)11-20(28)25-18-6-4-5-7-19(18)27/h4-10,15H,11-13H2,1-3H3,(H,24,29)(H,25,28)/t15-/m1/s1. The van der Waals surface area contributed by atoms with Crippen molar-refractivity contribution in [3.8, 4) is 0 Å². The van der Waals surface area contributed by atoms with Gasteiger partial charge in [0.15, 0.2) is 0 Å². The third kappa shape index (κ3) is 5.25. The van der Waals surface area contributed by atoms with Crippen LogP contribution >= 0.6 is 15.9 Å². The molecule has 158 valence electrons. The molecule has 0 radical (unpaired) electrons. The summed E-state index contributed by atoms with van der Waals surface area (Å²) >= 11 is 3.45. The van der Waals surface area contributed by atoms with E-state index in [1.54, 1.807) is 22.9 Å². The molecule has 0 fully saturated rings. The number of para-hydroxylation sites is 2. The van der Waals surface area contributed by atoms with E-state index in [0.29, 0.717) is 17.1 Å². The van der Waals surface area contributed by atoms with Crippen LogP contribution in [0.3, 0.4) is 0 Å². The van der Waals surface area contributed by atoms with Crippen LogP contribution < -0.4 is 15.5 Å². The van der Waals surface area contributed by atoms with E-state index >= 15 is 0 Å². The van der Waals surface area contributed by atoms with Gasteiger partial charge in [0.05, 0.1) is 30.2 Å². The fourth-order valence-electron chi connectivity index (χ4n) is 3.49. The van der Waals surface area contributed by atoms with Crippen molar-refractivity contribution in [1.29, 1.82) is 0 Å². The van der Waals surface area contributed by atoms with Crippen molar-refractivity contribution in [3.63, 3.8) is 0 Å². The summed E-state index contributed by atoms with van der Waals surface area (Å²) in [5, 5.41) is 5.70. The molecule has 0 unspecified atom stereocenters. The van der Waals surface area contributed by atoms with Crippen molar-refractivity contribution < 1.29 is 14.4 Å². The largest absolute Gasteiger partial charge is 0.324 e. The number of hydrogen-bond donors (Lipinski definition) is 2. The molecule has 0 bridgehead atoms. The zero-order valence-corrected chi connectivity index (χ0v) is 18.8. The number of hydrogen-bond acceptors (Lipinski definition) is 4. The number of nitrogens with zero attached hydrogens (tertiary/aromatic N) is 2. The molecule has 7 nitrogen and oxygen atoms in total. The van der Waals surface area contributed by atoms with E-state index < -0.39 is 0 Å². The summed E-state index contributed by atoms with van der Waals surface area (Å²) in [6, 6.07) is 12.6. The summed E-state index contributed by atoms with van der Waals surface area (Å²) in [6.07, 6.45) is 0.214. The second-order valence-corrected chi connectivity index (χ2v) is 8.44. The lowest BCUT2D eigenvalue weighted by Crippen LogP contribution is -2.45. The SMILES string of the molecule is Cc1ccc(NC(=O)CN(C)CC(=O)N2c3ccccc3NC(=O)C[C@H]2C)c(Br)c1. The summed E-state index contributed by atoms with van der Waals surface area (Å²) < 4.78 is 0.807. The molecular weight excluding hydrogens is 448 g/mol. The second-order valence-electron chi connectivity index (χ2n) is 7.59. The Labute approximate surface area is 184 Å². The molecule has 1 atom stereocenters. The Morgan fingerprint density at radius 2 is 1.97 bits per heavy atom. The molecule has 0 spiro atoms. The maximum Gasteiger partial charge on any atom is 0.241 e. The van der Waals surface area contributed by atoms with E-state index in [-0.39, 0.29) is 43.3 Å². The summed E-state index contributed by atoms with van der Waals surface area (Å²) in [5.74, 6) is -0.504. The van der Waals surface area contributed by atoms with Gasteiger partial charge in [0, 0.05) is 16.9 Å². The van der Waals surface area contributed by atoms with Crippen molar-refractivity contribution in [2.24, 2.45) is 0 Å². The lowest BCUT2D eigenvalue weighted by Gasteiger charge is -2.29. The summed E-state index contributed by atoms with van der Waals surface area (Å²) in [7, 11) is 1.72.